The molecule has 3 nitrogen and oxygen atoms in total. The Hall–Kier alpha value is -1.22. The number of hydrogen-bond donors (Lipinski definition) is 1. The molecule has 0 aliphatic rings. The van der Waals surface area contributed by atoms with E-state index in [1.807, 2.05) is 19.2 Å². The van der Waals surface area contributed by atoms with E-state index in [2.05, 4.69) is 46.0 Å². The second kappa shape index (κ2) is 7.69. The van der Waals surface area contributed by atoms with Crippen LogP contribution in [-0.2, 0) is 5.41 Å². The van der Waals surface area contributed by atoms with Gasteiger partial charge in [0.2, 0.25) is 0 Å². The van der Waals surface area contributed by atoms with Crippen LogP contribution in [0.5, 0.6) is 11.5 Å². The van der Waals surface area contributed by atoms with Crippen LogP contribution in [-0.4, -0.2) is 26.8 Å². The van der Waals surface area contributed by atoms with Crippen molar-refractivity contribution in [2.24, 2.45) is 5.92 Å². The average Bonchev–Trinajstić information content (AvgIpc) is 2.46. The summed E-state index contributed by atoms with van der Waals surface area (Å²) in [5.74, 6) is 2.41. The average molecular weight is 293 g/mol. The molecule has 0 radical (unpaired) electrons. The Bertz CT molecular complexity index is 437. The van der Waals surface area contributed by atoms with Crippen LogP contribution in [0, 0.1) is 5.92 Å². The van der Waals surface area contributed by atoms with Crippen LogP contribution >= 0.6 is 0 Å². The Morgan fingerprint density at radius 2 is 1.90 bits per heavy atom. The van der Waals surface area contributed by atoms with Crippen LogP contribution in [0.25, 0.3) is 0 Å². The number of rotatable bonds is 7. The van der Waals surface area contributed by atoms with Gasteiger partial charge in [-0.05, 0) is 36.6 Å². The van der Waals surface area contributed by atoms with Crippen LogP contribution in [0.3, 0.4) is 0 Å². The Kier molecular flexibility index (Phi) is 6.53. The largest absolute Gasteiger partial charge is 0.497 e. The highest BCUT2D eigenvalue weighted by Gasteiger charge is 2.21. The van der Waals surface area contributed by atoms with E-state index in [1.165, 1.54) is 5.56 Å². The highest BCUT2D eigenvalue weighted by molar-refractivity contribution is 5.44. The summed E-state index contributed by atoms with van der Waals surface area (Å²) in [5.41, 5.74) is 1.20. The standard InChI is InChI=1S/C18H31NO2/c1-8-13(2)16(19-6)12-21-17-10-9-14(20-7)11-15(17)18(3,4)5/h9-11,13,16,19H,8,12H2,1-7H3. The lowest BCUT2D eigenvalue weighted by atomic mass is 9.86. The Morgan fingerprint density at radius 3 is 2.38 bits per heavy atom. The van der Waals surface area contributed by atoms with Crippen LogP contribution in [0.15, 0.2) is 18.2 Å². The van der Waals surface area contributed by atoms with Gasteiger partial charge in [-0.1, -0.05) is 41.0 Å². The third-order valence-electron chi connectivity index (χ3n) is 4.11. The van der Waals surface area contributed by atoms with E-state index in [1.54, 1.807) is 7.11 Å². The van der Waals surface area contributed by atoms with Gasteiger partial charge in [0.25, 0.3) is 0 Å². The first-order chi connectivity index (χ1) is 9.83. The van der Waals surface area contributed by atoms with Gasteiger partial charge in [0.1, 0.15) is 18.1 Å². The fourth-order valence-electron chi connectivity index (χ4n) is 2.34. The summed E-state index contributed by atoms with van der Waals surface area (Å²) in [6.45, 7) is 11.7. The molecule has 1 N–H and O–H groups in total. The lowest BCUT2D eigenvalue weighted by molar-refractivity contribution is 0.224. The van der Waals surface area contributed by atoms with E-state index >= 15 is 0 Å². The van der Waals surface area contributed by atoms with E-state index in [0.717, 1.165) is 17.9 Å². The highest BCUT2D eigenvalue weighted by Crippen LogP contribution is 2.34. The number of nitrogens with one attached hydrogen (secondary N) is 1. The van der Waals surface area contributed by atoms with Crippen molar-refractivity contribution >= 4 is 0 Å². The highest BCUT2D eigenvalue weighted by atomic mass is 16.5. The fraction of sp³-hybridized carbons (Fsp3) is 0.667. The van der Waals surface area contributed by atoms with Crippen molar-refractivity contribution in [3.05, 3.63) is 23.8 Å². The molecule has 0 bridgehead atoms. The molecule has 0 amide bonds. The second-order valence-corrected chi connectivity index (χ2v) is 6.70. The molecule has 0 spiro atoms. The summed E-state index contributed by atoms with van der Waals surface area (Å²) in [7, 11) is 3.70. The molecular weight excluding hydrogens is 262 g/mol. The third kappa shape index (κ3) is 4.92. The molecule has 1 aromatic rings. The predicted molar refractivity (Wildman–Crippen MR) is 89.5 cm³/mol. The third-order valence-corrected chi connectivity index (χ3v) is 4.11. The molecule has 0 fully saturated rings. The van der Waals surface area contributed by atoms with Gasteiger partial charge in [0.15, 0.2) is 0 Å². The Morgan fingerprint density at radius 1 is 1.24 bits per heavy atom. The maximum absolute atomic E-state index is 6.12. The number of methoxy groups -OCH3 is 1. The van der Waals surface area contributed by atoms with E-state index in [4.69, 9.17) is 9.47 Å². The summed E-state index contributed by atoms with van der Waals surface area (Å²) in [5, 5.41) is 3.35. The fourth-order valence-corrected chi connectivity index (χ4v) is 2.34. The van der Waals surface area contributed by atoms with Crippen molar-refractivity contribution in [1.29, 1.82) is 0 Å². The van der Waals surface area contributed by atoms with Crippen molar-refractivity contribution in [1.82, 2.24) is 5.32 Å². The molecule has 3 heteroatoms. The van der Waals surface area contributed by atoms with Crippen molar-refractivity contribution in [2.75, 3.05) is 20.8 Å². The zero-order valence-electron chi connectivity index (χ0n) is 14.6. The monoisotopic (exact) mass is 293 g/mol. The van der Waals surface area contributed by atoms with E-state index in [9.17, 15) is 0 Å². The summed E-state index contributed by atoms with van der Waals surface area (Å²) in [4.78, 5) is 0. The molecule has 0 aliphatic carbocycles. The van der Waals surface area contributed by atoms with Gasteiger partial charge in [0.05, 0.1) is 7.11 Å². The van der Waals surface area contributed by atoms with E-state index in [-0.39, 0.29) is 5.41 Å². The number of ether oxygens (including phenoxy) is 2. The minimum absolute atomic E-state index is 0.0232. The summed E-state index contributed by atoms with van der Waals surface area (Å²) in [6, 6.07) is 6.42. The molecular formula is C18H31NO2. The maximum Gasteiger partial charge on any atom is 0.123 e. The lowest BCUT2D eigenvalue weighted by Crippen LogP contribution is -2.37. The van der Waals surface area contributed by atoms with Crippen molar-refractivity contribution < 1.29 is 9.47 Å². The molecule has 21 heavy (non-hydrogen) atoms. The minimum atomic E-state index is 0.0232. The van der Waals surface area contributed by atoms with Gasteiger partial charge in [-0.25, -0.2) is 0 Å². The van der Waals surface area contributed by atoms with Gasteiger partial charge < -0.3 is 14.8 Å². The molecule has 1 aromatic carbocycles. The number of benzene rings is 1. The van der Waals surface area contributed by atoms with Gasteiger partial charge in [-0.3, -0.25) is 0 Å². The number of likely N-dealkylation sites (N-methyl/N-ethyl adjacent to an activating group) is 1. The lowest BCUT2D eigenvalue weighted by Gasteiger charge is -2.27. The molecule has 2 atom stereocenters. The van der Waals surface area contributed by atoms with Crippen LogP contribution in [0.2, 0.25) is 0 Å². The first kappa shape index (κ1) is 17.8. The van der Waals surface area contributed by atoms with E-state index in [0.29, 0.717) is 18.6 Å². The van der Waals surface area contributed by atoms with Gasteiger partial charge in [-0.2, -0.15) is 0 Å². The first-order valence-corrected chi connectivity index (χ1v) is 7.82. The van der Waals surface area contributed by atoms with Crippen molar-refractivity contribution in [3.8, 4) is 11.5 Å². The van der Waals surface area contributed by atoms with Crippen LogP contribution in [0.4, 0.5) is 0 Å². The Balaban J connectivity index is 2.92. The predicted octanol–water partition coefficient (Wildman–Crippen LogP) is 4.01. The zero-order valence-corrected chi connectivity index (χ0v) is 14.6. The molecule has 0 aliphatic heterocycles. The van der Waals surface area contributed by atoms with Gasteiger partial charge in [-0.15, -0.1) is 0 Å². The normalized spacial score (nSPS) is 14.6. The van der Waals surface area contributed by atoms with E-state index < -0.39 is 0 Å². The molecule has 0 saturated carbocycles. The number of hydrogen-bond acceptors (Lipinski definition) is 3. The summed E-state index contributed by atoms with van der Waals surface area (Å²) < 4.78 is 11.5. The van der Waals surface area contributed by atoms with Gasteiger partial charge >= 0.3 is 0 Å². The first-order valence-electron chi connectivity index (χ1n) is 7.82. The van der Waals surface area contributed by atoms with Crippen LogP contribution in [0.1, 0.15) is 46.6 Å². The Labute approximate surface area is 130 Å². The van der Waals surface area contributed by atoms with Crippen molar-refractivity contribution in [2.45, 2.75) is 52.5 Å². The van der Waals surface area contributed by atoms with Crippen molar-refractivity contribution in [3.63, 3.8) is 0 Å². The minimum Gasteiger partial charge on any atom is -0.497 e. The van der Waals surface area contributed by atoms with Crippen LogP contribution < -0.4 is 14.8 Å². The summed E-state index contributed by atoms with van der Waals surface area (Å²) >= 11 is 0. The smallest absolute Gasteiger partial charge is 0.123 e. The summed E-state index contributed by atoms with van der Waals surface area (Å²) in [6.07, 6.45) is 1.14. The quantitative estimate of drug-likeness (QED) is 0.824. The molecule has 2 unspecified atom stereocenters. The second-order valence-electron chi connectivity index (χ2n) is 6.70. The SMILES string of the molecule is CCC(C)C(COc1ccc(OC)cc1C(C)(C)C)NC. The van der Waals surface area contributed by atoms with Gasteiger partial charge in [0, 0.05) is 11.6 Å². The molecule has 0 aromatic heterocycles. The molecule has 0 heterocycles. The molecule has 1 rings (SSSR count). The topological polar surface area (TPSA) is 30.5 Å². The molecule has 120 valence electrons. The molecule has 0 saturated heterocycles. The maximum atomic E-state index is 6.12. The zero-order chi connectivity index (χ0) is 16.0.